The quantitative estimate of drug-likeness (QED) is 0.857. The first-order valence-electron chi connectivity index (χ1n) is 5.79. The molecule has 0 spiro atoms. The molecule has 96 valence electrons. The van der Waals surface area contributed by atoms with Crippen LogP contribution in [0.3, 0.4) is 0 Å². The average molecular weight is 327 g/mol. The summed E-state index contributed by atoms with van der Waals surface area (Å²) < 4.78 is 1.16. The fraction of sp³-hybridized carbons (Fsp3) is 0.200. The molecule has 0 saturated heterocycles. The fourth-order valence-corrected chi connectivity index (χ4v) is 2.19. The Morgan fingerprint density at radius 1 is 1.00 bits per heavy atom. The maximum absolute atomic E-state index is 3.56. The predicted molar refractivity (Wildman–Crippen MR) is 83.1 cm³/mol. The van der Waals surface area contributed by atoms with Crippen LogP contribution in [0.5, 0.6) is 0 Å². The zero-order valence-electron chi connectivity index (χ0n) is 10.3. The Labute approximate surface area is 123 Å². The van der Waals surface area contributed by atoms with E-state index in [1.807, 2.05) is 12.1 Å². The van der Waals surface area contributed by atoms with Crippen molar-refractivity contribution in [2.24, 2.45) is 0 Å². The van der Waals surface area contributed by atoms with Crippen LogP contribution in [0.4, 0.5) is 0 Å². The number of hydrogen-bond acceptors (Lipinski definition) is 1. The summed E-state index contributed by atoms with van der Waals surface area (Å²) in [6, 6.07) is 19.2. The lowest BCUT2D eigenvalue weighted by atomic mass is 10.1. The van der Waals surface area contributed by atoms with Gasteiger partial charge in [-0.1, -0.05) is 64.5 Å². The smallest absolute Gasteiger partial charge is 0.0294 e. The van der Waals surface area contributed by atoms with Gasteiger partial charge in [-0.05, 0) is 24.1 Å². The molecule has 0 aromatic heterocycles. The molecule has 2 aromatic carbocycles. The molecular weight excluding hydrogens is 310 g/mol. The van der Waals surface area contributed by atoms with Gasteiger partial charge in [-0.3, -0.25) is 0 Å². The highest BCUT2D eigenvalue weighted by molar-refractivity contribution is 9.10. The second-order valence-corrected chi connectivity index (χ2v) is 4.96. The Hall–Kier alpha value is -0.830. The predicted octanol–water partition coefficient (Wildman–Crippen LogP) is 4.72. The van der Waals surface area contributed by atoms with Gasteiger partial charge in [-0.2, -0.15) is 0 Å². The third-order valence-electron chi connectivity index (χ3n) is 2.86. The Morgan fingerprint density at radius 2 is 1.61 bits per heavy atom. The van der Waals surface area contributed by atoms with E-state index in [1.165, 1.54) is 11.1 Å². The standard InChI is InChI=1S/C15H16BrN.ClH/c1-12(13-7-3-2-4-8-13)17-11-14-9-5-6-10-15(14)16;/h2-10,12,17H,11H2,1H3;1H. The van der Waals surface area contributed by atoms with Crippen LogP contribution in [-0.2, 0) is 6.54 Å². The number of halogens is 2. The van der Waals surface area contributed by atoms with Gasteiger partial charge < -0.3 is 5.32 Å². The number of benzene rings is 2. The zero-order chi connectivity index (χ0) is 12.1. The number of hydrogen-bond donors (Lipinski definition) is 1. The lowest BCUT2D eigenvalue weighted by Gasteiger charge is -2.14. The van der Waals surface area contributed by atoms with Crippen molar-refractivity contribution in [2.45, 2.75) is 19.5 Å². The molecule has 0 fully saturated rings. The van der Waals surface area contributed by atoms with Crippen LogP contribution in [0, 0.1) is 0 Å². The first-order valence-corrected chi connectivity index (χ1v) is 6.58. The molecule has 1 unspecified atom stereocenters. The minimum atomic E-state index is 0. The SMILES string of the molecule is CC(NCc1ccccc1Br)c1ccccc1.Cl. The molecular formula is C15H17BrClN. The van der Waals surface area contributed by atoms with Gasteiger partial charge in [0.2, 0.25) is 0 Å². The summed E-state index contributed by atoms with van der Waals surface area (Å²) in [7, 11) is 0. The molecule has 18 heavy (non-hydrogen) atoms. The third-order valence-corrected chi connectivity index (χ3v) is 3.63. The van der Waals surface area contributed by atoms with Crippen LogP contribution < -0.4 is 5.32 Å². The van der Waals surface area contributed by atoms with Crippen LogP contribution >= 0.6 is 28.3 Å². The number of rotatable bonds is 4. The summed E-state index contributed by atoms with van der Waals surface area (Å²) in [6.45, 7) is 3.06. The molecule has 2 aromatic rings. The molecule has 1 nitrogen and oxygen atoms in total. The second kappa shape index (κ2) is 7.57. The monoisotopic (exact) mass is 325 g/mol. The van der Waals surface area contributed by atoms with Crippen LogP contribution in [-0.4, -0.2) is 0 Å². The molecule has 0 aliphatic carbocycles. The van der Waals surface area contributed by atoms with E-state index in [-0.39, 0.29) is 12.4 Å². The molecule has 0 heterocycles. The first kappa shape index (κ1) is 15.2. The van der Waals surface area contributed by atoms with E-state index in [1.54, 1.807) is 0 Å². The number of nitrogens with one attached hydrogen (secondary N) is 1. The summed E-state index contributed by atoms with van der Waals surface area (Å²) in [5.41, 5.74) is 2.61. The van der Waals surface area contributed by atoms with E-state index in [0.29, 0.717) is 6.04 Å². The van der Waals surface area contributed by atoms with Crippen LogP contribution in [0.2, 0.25) is 0 Å². The van der Waals surface area contributed by atoms with Gasteiger partial charge in [0.15, 0.2) is 0 Å². The van der Waals surface area contributed by atoms with E-state index in [9.17, 15) is 0 Å². The second-order valence-electron chi connectivity index (χ2n) is 4.10. The normalized spacial score (nSPS) is 11.7. The lowest BCUT2D eigenvalue weighted by Crippen LogP contribution is -2.18. The van der Waals surface area contributed by atoms with Crippen LogP contribution in [0.1, 0.15) is 24.1 Å². The minimum Gasteiger partial charge on any atom is -0.306 e. The van der Waals surface area contributed by atoms with Crippen molar-refractivity contribution in [3.8, 4) is 0 Å². The molecule has 3 heteroatoms. The van der Waals surface area contributed by atoms with Crippen LogP contribution in [0.15, 0.2) is 59.1 Å². The van der Waals surface area contributed by atoms with Gasteiger partial charge in [-0.25, -0.2) is 0 Å². The Bertz CT molecular complexity index is 473. The summed E-state index contributed by atoms with van der Waals surface area (Å²) in [5.74, 6) is 0. The van der Waals surface area contributed by atoms with E-state index in [2.05, 4.69) is 70.6 Å². The molecule has 0 radical (unpaired) electrons. The van der Waals surface area contributed by atoms with E-state index >= 15 is 0 Å². The van der Waals surface area contributed by atoms with E-state index < -0.39 is 0 Å². The highest BCUT2D eigenvalue weighted by Gasteiger charge is 2.04. The van der Waals surface area contributed by atoms with Crippen molar-refractivity contribution in [1.82, 2.24) is 5.32 Å². The highest BCUT2D eigenvalue weighted by atomic mass is 79.9. The van der Waals surface area contributed by atoms with Crippen molar-refractivity contribution in [2.75, 3.05) is 0 Å². The van der Waals surface area contributed by atoms with Crippen molar-refractivity contribution in [3.05, 3.63) is 70.2 Å². The molecule has 0 aliphatic rings. The minimum absolute atomic E-state index is 0. The average Bonchev–Trinajstić information content (AvgIpc) is 2.38. The summed E-state index contributed by atoms with van der Waals surface area (Å²) in [6.07, 6.45) is 0. The van der Waals surface area contributed by atoms with Crippen molar-refractivity contribution in [3.63, 3.8) is 0 Å². The molecule has 0 amide bonds. The molecule has 1 atom stereocenters. The molecule has 1 N–H and O–H groups in total. The van der Waals surface area contributed by atoms with Gasteiger partial charge in [0.25, 0.3) is 0 Å². The largest absolute Gasteiger partial charge is 0.306 e. The molecule has 0 saturated carbocycles. The fourth-order valence-electron chi connectivity index (χ4n) is 1.76. The van der Waals surface area contributed by atoms with E-state index in [4.69, 9.17) is 0 Å². The summed E-state index contributed by atoms with van der Waals surface area (Å²) >= 11 is 3.56. The first-order chi connectivity index (χ1) is 8.27. The lowest BCUT2D eigenvalue weighted by molar-refractivity contribution is 0.574. The Kier molecular flexibility index (Phi) is 6.41. The Morgan fingerprint density at radius 3 is 2.28 bits per heavy atom. The van der Waals surface area contributed by atoms with Gasteiger partial charge in [0.1, 0.15) is 0 Å². The van der Waals surface area contributed by atoms with Crippen molar-refractivity contribution >= 4 is 28.3 Å². The van der Waals surface area contributed by atoms with Crippen molar-refractivity contribution in [1.29, 1.82) is 0 Å². The Balaban J connectivity index is 0.00000162. The van der Waals surface area contributed by atoms with Gasteiger partial charge in [-0.15, -0.1) is 12.4 Å². The van der Waals surface area contributed by atoms with Gasteiger partial charge in [0.05, 0.1) is 0 Å². The van der Waals surface area contributed by atoms with Gasteiger partial charge in [0, 0.05) is 17.1 Å². The summed E-state index contributed by atoms with van der Waals surface area (Å²) in [4.78, 5) is 0. The maximum Gasteiger partial charge on any atom is 0.0294 e. The molecule has 0 bridgehead atoms. The highest BCUT2D eigenvalue weighted by Crippen LogP contribution is 2.17. The van der Waals surface area contributed by atoms with E-state index in [0.717, 1.165) is 11.0 Å². The summed E-state index contributed by atoms with van der Waals surface area (Å²) in [5, 5.41) is 3.53. The topological polar surface area (TPSA) is 12.0 Å². The molecule has 2 rings (SSSR count). The zero-order valence-corrected chi connectivity index (χ0v) is 12.7. The molecule has 0 aliphatic heterocycles. The van der Waals surface area contributed by atoms with Crippen LogP contribution in [0.25, 0.3) is 0 Å². The van der Waals surface area contributed by atoms with Gasteiger partial charge >= 0.3 is 0 Å². The maximum atomic E-state index is 3.56. The van der Waals surface area contributed by atoms with Crippen molar-refractivity contribution < 1.29 is 0 Å². The third kappa shape index (κ3) is 4.13.